The largest absolute Gasteiger partial charge is 0.462 e. The van der Waals surface area contributed by atoms with Crippen molar-refractivity contribution in [1.82, 2.24) is 5.16 Å². The van der Waals surface area contributed by atoms with Gasteiger partial charge in [0.25, 0.3) is 0 Å². The zero-order valence-corrected chi connectivity index (χ0v) is 13.7. The number of ether oxygens (including phenoxy) is 1. The van der Waals surface area contributed by atoms with Crippen molar-refractivity contribution in [3.63, 3.8) is 0 Å². The lowest BCUT2D eigenvalue weighted by molar-refractivity contribution is -0.137. The number of rotatable bonds is 4. The average Bonchev–Trinajstić information content (AvgIpc) is 3.11. The normalized spacial score (nSPS) is 11.4. The van der Waals surface area contributed by atoms with Crippen LogP contribution in [-0.4, -0.2) is 17.7 Å². The molecule has 0 fully saturated rings. The molecule has 0 spiro atoms. The number of alkyl halides is 3. The van der Waals surface area contributed by atoms with E-state index in [1.165, 1.54) is 18.2 Å². The molecule has 0 bridgehead atoms. The van der Waals surface area contributed by atoms with Crippen molar-refractivity contribution in [3.05, 3.63) is 65.7 Å². The van der Waals surface area contributed by atoms with Crippen LogP contribution in [0.4, 0.5) is 13.2 Å². The summed E-state index contributed by atoms with van der Waals surface area (Å²) in [5.41, 5.74) is 0.484. The van der Waals surface area contributed by atoms with E-state index in [1.54, 1.807) is 31.2 Å². The number of halogens is 3. The molecule has 1 heterocycles. The van der Waals surface area contributed by atoms with Crippen LogP contribution in [-0.2, 0) is 10.9 Å². The van der Waals surface area contributed by atoms with Gasteiger partial charge >= 0.3 is 12.1 Å². The molecule has 0 saturated heterocycles. The SMILES string of the molecule is CCOC(=O)c1ccccc1-c1cc(-c2cccc(C(F)(F)F)c2)no1. The Morgan fingerprint density at radius 2 is 1.88 bits per heavy atom. The molecule has 0 unspecified atom stereocenters. The summed E-state index contributed by atoms with van der Waals surface area (Å²) in [4.78, 5) is 12.1. The first-order valence-electron chi connectivity index (χ1n) is 7.81. The van der Waals surface area contributed by atoms with E-state index in [0.717, 1.165) is 12.1 Å². The Morgan fingerprint density at radius 3 is 2.62 bits per heavy atom. The molecule has 0 aliphatic rings. The molecule has 0 aliphatic heterocycles. The van der Waals surface area contributed by atoms with Gasteiger partial charge in [-0.3, -0.25) is 0 Å². The van der Waals surface area contributed by atoms with Crippen molar-refractivity contribution in [2.75, 3.05) is 6.61 Å². The van der Waals surface area contributed by atoms with Gasteiger partial charge in [0.15, 0.2) is 5.76 Å². The Bertz CT molecular complexity index is 932. The first kappa shape index (κ1) is 17.7. The van der Waals surface area contributed by atoms with Crippen LogP contribution in [0.15, 0.2) is 59.1 Å². The molecule has 0 saturated carbocycles. The summed E-state index contributed by atoms with van der Waals surface area (Å²) in [7, 11) is 0. The molecule has 134 valence electrons. The minimum Gasteiger partial charge on any atom is -0.462 e. The van der Waals surface area contributed by atoms with Gasteiger partial charge in [-0.2, -0.15) is 13.2 Å². The third-order valence-corrected chi connectivity index (χ3v) is 3.68. The lowest BCUT2D eigenvalue weighted by Crippen LogP contribution is -2.06. The van der Waals surface area contributed by atoms with Crippen molar-refractivity contribution >= 4 is 5.97 Å². The number of carbonyl (C=O) groups excluding carboxylic acids is 1. The van der Waals surface area contributed by atoms with E-state index in [0.29, 0.717) is 11.1 Å². The summed E-state index contributed by atoms with van der Waals surface area (Å²) in [5, 5.41) is 3.84. The number of benzene rings is 2. The Morgan fingerprint density at radius 1 is 1.12 bits per heavy atom. The highest BCUT2D eigenvalue weighted by Crippen LogP contribution is 2.33. The zero-order valence-electron chi connectivity index (χ0n) is 13.7. The molecule has 0 radical (unpaired) electrons. The monoisotopic (exact) mass is 361 g/mol. The highest BCUT2D eigenvalue weighted by Gasteiger charge is 2.30. The number of hydrogen-bond donors (Lipinski definition) is 0. The van der Waals surface area contributed by atoms with Crippen LogP contribution in [0.25, 0.3) is 22.6 Å². The molecule has 7 heteroatoms. The Labute approximate surface area is 147 Å². The van der Waals surface area contributed by atoms with Gasteiger partial charge in [0.05, 0.1) is 17.7 Å². The second-order valence-electron chi connectivity index (χ2n) is 5.42. The zero-order chi connectivity index (χ0) is 18.7. The fraction of sp³-hybridized carbons (Fsp3) is 0.158. The van der Waals surface area contributed by atoms with Gasteiger partial charge in [-0.15, -0.1) is 0 Å². The van der Waals surface area contributed by atoms with Crippen molar-refractivity contribution in [3.8, 4) is 22.6 Å². The number of carbonyl (C=O) groups is 1. The number of nitrogens with zero attached hydrogens (tertiary/aromatic N) is 1. The minimum atomic E-state index is -4.45. The predicted molar refractivity (Wildman–Crippen MR) is 88.3 cm³/mol. The minimum absolute atomic E-state index is 0.221. The Hall–Kier alpha value is -3.09. The van der Waals surface area contributed by atoms with Crippen LogP contribution in [0, 0.1) is 0 Å². The van der Waals surface area contributed by atoms with Gasteiger partial charge in [-0.25, -0.2) is 4.79 Å². The van der Waals surface area contributed by atoms with E-state index < -0.39 is 17.7 Å². The standard InChI is InChI=1S/C19H14F3NO3/c1-2-25-18(24)15-9-4-3-8-14(15)17-11-16(23-26-17)12-6-5-7-13(10-12)19(20,21)22/h3-11H,2H2,1H3. The van der Waals surface area contributed by atoms with Crippen LogP contribution in [0.2, 0.25) is 0 Å². The summed E-state index contributed by atoms with van der Waals surface area (Å²) in [5.74, 6) is -0.249. The van der Waals surface area contributed by atoms with Gasteiger partial charge < -0.3 is 9.26 Å². The molecule has 2 aromatic carbocycles. The quantitative estimate of drug-likeness (QED) is 0.599. The van der Waals surface area contributed by atoms with Gasteiger partial charge in [-0.05, 0) is 25.1 Å². The second kappa shape index (κ2) is 7.03. The number of hydrogen-bond acceptors (Lipinski definition) is 4. The van der Waals surface area contributed by atoms with E-state index >= 15 is 0 Å². The topological polar surface area (TPSA) is 52.3 Å². The van der Waals surface area contributed by atoms with E-state index in [4.69, 9.17) is 9.26 Å². The van der Waals surface area contributed by atoms with E-state index in [9.17, 15) is 18.0 Å². The highest BCUT2D eigenvalue weighted by atomic mass is 19.4. The molecule has 1 aromatic heterocycles. The molecular formula is C19H14F3NO3. The van der Waals surface area contributed by atoms with Gasteiger partial charge in [0.2, 0.25) is 0 Å². The van der Waals surface area contributed by atoms with Crippen LogP contribution < -0.4 is 0 Å². The highest BCUT2D eigenvalue weighted by molar-refractivity contribution is 5.96. The molecule has 26 heavy (non-hydrogen) atoms. The van der Waals surface area contributed by atoms with Crippen LogP contribution in [0.5, 0.6) is 0 Å². The molecule has 0 N–H and O–H groups in total. The fourth-order valence-electron chi connectivity index (χ4n) is 2.48. The molecular weight excluding hydrogens is 347 g/mol. The van der Waals surface area contributed by atoms with Crippen molar-refractivity contribution in [2.24, 2.45) is 0 Å². The molecule has 3 rings (SSSR count). The van der Waals surface area contributed by atoms with E-state index in [2.05, 4.69) is 5.16 Å². The summed E-state index contributed by atoms with van der Waals surface area (Å²) in [6.07, 6.45) is -4.45. The van der Waals surface area contributed by atoms with Crippen LogP contribution >= 0.6 is 0 Å². The molecule has 4 nitrogen and oxygen atoms in total. The lowest BCUT2D eigenvalue weighted by atomic mass is 10.0. The Kier molecular flexibility index (Phi) is 4.79. The third-order valence-electron chi connectivity index (χ3n) is 3.68. The maximum atomic E-state index is 12.9. The first-order chi connectivity index (χ1) is 12.4. The molecule has 3 aromatic rings. The maximum Gasteiger partial charge on any atom is 0.416 e. The first-order valence-corrected chi connectivity index (χ1v) is 7.81. The van der Waals surface area contributed by atoms with Gasteiger partial charge in [0, 0.05) is 17.2 Å². The molecule has 0 amide bonds. The summed E-state index contributed by atoms with van der Waals surface area (Å²) in [6.45, 7) is 1.92. The smallest absolute Gasteiger partial charge is 0.416 e. The van der Waals surface area contributed by atoms with Crippen LogP contribution in [0.3, 0.4) is 0 Å². The van der Waals surface area contributed by atoms with Crippen LogP contribution in [0.1, 0.15) is 22.8 Å². The molecule has 0 aliphatic carbocycles. The van der Waals surface area contributed by atoms with Crippen molar-refractivity contribution in [1.29, 1.82) is 0 Å². The van der Waals surface area contributed by atoms with E-state index in [1.807, 2.05) is 0 Å². The third kappa shape index (κ3) is 3.61. The average molecular weight is 361 g/mol. The summed E-state index contributed by atoms with van der Waals surface area (Å²) < 4.78 is 48.9. The van der Waals surface area contributed by atoms with E-state index in [-0.39, 0.29) is 23.6 Å². The van der Waals surface area contributed by atoms with Gasteiger partial charge in [-0.1, -0.05) is 35.5 Å². The maximum absolute atomic E-state index is 12.9. The summed E-state index contributed by atoms with van der Waals surface area (Å²) >= 11 is 0. The molecule has 0 atom stereocenters. The van der Waals surface area contributed by atoms with Crippen molar-refractivity contribution < 1.29 is 27.2 Å². The summed E-state index contributed by atoms with van der Waals surface area (Å²) in [6, 6.07) is 12.9. The predicted octanol–water partition coefficient (Wildman–Crippen LogP) is 5.20. The number of aromatic nitrogens is 1. The van der Waals surface area contributed by atoms with Crippen molar-refractivity contribution in [2.45, 2.75) is 13.1 Å². The Balaban J connectivity index is 1.98. The van der Waals surface area contributed by atoms with Gasteiger partial charge in [0.1, 0.15) is 5.69 Å². The fourth-order valence-corrected chi connectivity index (χ4v) is 2.48. The second-order valence-corrected chi connectivity index (χ2v) is 5.42. The number of esters is 1. The lowest BCUT2D eigenvalue weighted by Gasteiger charge is -2.07.